The van der Waals surface area contributed by atoms with Gasteiger partial charge in [0.05, 0.1) is 0 Å². The van der Waals surface area contributed by atoms with Gasteiger partial charge in [0, 0.05) is 23.7 Å². The first-order valence-corrected chi connectivity index (χ1v) is 6.80. The molecule has 1 nitrogen and oxygen atoms in total. The maximum absolute atomic E-state index is 2.32. The highest BCUT2D eigenvalue weighted by atomic mass is 32.2. The molecule has 0 spiro atoms. The fourth-order valence-electron chi connectivity index (χ4n) is 2.05. The van der Waals surface area contributed by atoms with Gasteiger partial charge >= 0.3 is 0 Å². The lowest BCUT2D eigenvalue weighted by Gasteiger charge is -2.29. The molecule has 2 heteroatoms. The predicted molar refractivity (Wildman–Crippen MR) is 71.7 cm³/mol. The zero-order chi connectivity index (χ0) is 11.4. The first kappa shape index (κ1) is 11.6. The Morgan fingerprint density at radius 1 is 1.31 bits per heavy atom. The van der Waals surface area contributed by atoms with Gasteiger partial charge < -0.3 is 4.90 Å². The number of hydrogen-bond acceptors (Lipinski definition) is 2. The van der Waals surface area contributed by atoms with Crippen LogP contribution in [-0.2, 0) is 0 Å². The Kier molecular flexibility index (Phi) is 3.94. The molecule has 0 radical (unpaired) electrons. The van der Waals surface area contributed by atoms with Crippen molar-refractivity contribution in [2.75, 3.05) is 13.6 Å². The number of thioether (sulfide) groups is 1. The van der Waals surface area contributed by atoms with Crippen molar-refractivity contribution in [2.45, 2.75) is 29.9 Å². The first-order valence-electron chi connectivity index (χ1n) is 5.92. The highest BCUT2D eigenvalue weighted by Crippen LogP contribution is 2.33. The number of rotatable bonds is 3. The third-order valence-electron chi connectivity index (χ3n) is 2.97. The van der Waals surface area contributed by atoms with Crippen molar-refractivity contribution in [1.29, 1.82) is 0 Å². The average Bonchev–Trinajstić information content (AvgIpc) is 2.33. The van der Waals surface area contributed by atoms with Gasteiger partial charge in [-0.15, -0.1) is 11.8 Å². The van der Waals surface area contributed by atoms with Crippen LogP contribution in [-0.4, -0.2) is 23.7 Å². The zero-order valence-electron chi connectivity index (χ0n) is 10.0. The summed E-state index contributed by atoms with van der Waals surface area (Å²) in [6.45, 7) is 3.43. The molecule has 2 rings (SSSR count). The normalized spacial score (nSPS) is 20.8. The average molecular weight is 233 g/mol. The summed E-state index contributed by atoms with van der Waals surface area (Å²) >= 11 is 2.00. The summed E-state index contributed by atoms with van der Waals surface area (Å²) in [6, 6.07) is 10.7. The molecule has 0 saturated heterocycles. The molecule has 16 heavy (non-hydrogen) atoms. The van der Waals surface area contributed by atoms with E-state index in [2.05, 4.69) is 55.4 Å². The minimum atomic E-state index is 0.670. The monoisotopic (exact) mass is 233 g/mol. The Morgan fingerprint density at radius 3 is 2.75 bits per heavy atom. The molecule has 1 aliphatic heterocycles. The molecule has 1 aromatic carbocycles. The summed E-state index contributed by atoms with van der Waals surface area (Å²) in [7, 11) is 2.17. The highest BCUT2D eigenvalue weighted by Gasteiger charge is 2.19. The zero-order valence-corrected chi connectivity index (χ0v) is 10.8. The van der Waals surface area contributed by atoms with Crippen LogP contribution in [0.1, 0.15) is 19.8 Å². The smallest absolute Gasteiger partial charge is 0.0337 e. The van der Waals surface area contributed by atoms with Crippen molar-refractivity contribution in [3.8, 4) is 0 Å². The second-order valence-electron chi connectivity index (χ2n) is 4.25. The molecule has 0 aromatic heterocycles. The Balaban J connectivity index is 2.07. The van der Waals surface area contributed by atoms with Gasteiger partial charge in [0.2, 0.25) is 0 Å². The number of hydrogen-bond donors (Lipinski definition) is 0. The topological polar surface area (TPSA) is 3.24 Å². The van der Waals surface area contributed by atoms with Gasteiger partial charge in [0.25, 0.3) is 0 Å². The Labute approximate surface area is 103 Å². The van der Waals surface area contributed by atoms with Crippen LogP contribution in [0.15, 0.2) is 47.0 Å². The fourth-order valence-corrected chi connectivity index (χ4v) is 3.30. The molecule has 0 fully saturated rings. The molecule has 0 N–H and O–H groups in total. The van der Waals surface area contributed by atoms with Crippen LogP contribution in [0.5, 0.6) is 0 Å². The Hall–Kier alpha value is -0.890. The lowest BCUT2D eigenvalue weighted by atomic mass is 10.1. The second kappa shape index (κ2) is 5.44. The van der Waals surface area contributed by atoms with E-state index < -0.39 is 0 Å². The van der Waals surface area contributed by atoms with E-state index in [0.29, 0.717) is 5.25 Å². The number of benzene rings is 1. The molecule has 1 aliphatic rings. The first-order chi connectivity index (χ1) is 7.79. The summed E-state index contributed by atoms with van der Waals surface area (Å²) in [6.07, 6.45) is 4.74. The van der Waals surface area contributed by atoms with Crippen molar-refractivity contribution in [2.24, 2.45) is 0 Å². The van der Waals surface area contributed by atoms with Gasteiger partial charge in [-0.1, -0.05) is 25.1 Å². The quantitative estimate of drug-likeness (QED) is 0.781. The van der Waals surface area contributed by atoms with Crippen molar-refractivity contribution in [3.63, 3.8) is 0 Å². The molecule has 86 valence electrons. The summed E-state index contributed by atoms with van der Waals surface area (Å²) in [5.41, 5.74) is 1.57. The molecule has 1 atom stereocenters. The third-order valence-corrected chi connectivity index (χ3v) is 4.34. The van der Waals surface area contributed by atoms with E-state index in [1.165, 1.54) is 17.9 Å². The standard InChI is InChI=1S/C14H19NS/c1-3-12-11-15(2)10-9-14(12)16-13-7-5-4-6-8-13/h4-8,11,14H,3,9-10H2,1-2H3. The minimum Gasteiger partial charge on any atom is -0.380 e. The Morgan fingerprint density at radius 2 is 2.06 bits per heavy atom. The van der Waals surface area contributed by atoms with Gasteiger partial charge in [-0.2, -0.15) is 0 Å². The van der Waals surface area contributed by atoms with Crippen molar-refractivity contribution >= 4 is 11.8 Å². The van der Waals surface area contributed by atoms with E-state index in [-0.39, 0.29) is 0 Å². The maximum Gasteiger partial charge on any atom is 0.0337 e. The van der Waals surface area contributed by atoms with Crippen LogP contribution in [0.25, 0.3) is 0 Å². The molecular formula is C14H19NS. The van der Waals surface area contributed by atoms with E-state index in [9.17, 15) is 0 Å². The molecule has 0 bridgehead atoms. The summed E-state index contributed by atoms with van der Waals surface area (Å²) < 4.78 is 0. The van der Waals surface area contributed by atoms with Crippen LogP contribution >= 0.6 is 11.8 Å². The Bertz CT molecular complexity index is 358. The number of nitrogens with zero attached hydrogens (tertiary/aromatic N) is 1. The van der Waals surface area contributed by atoms with E-state index in [1.807, 2.05) is 11.8 Å². The van der Waals surface area contributed by atoms with Crippen molar-refractivity contribution < 1.29 is 0 Å². The van der Waals surface area contributed by atoms with E-state index in [0.717, 1.165) is 6.42 Å². The molecule has 0 aliphatic carbocycles. The van der Waals surface area contributed by atoms with E-state index >= 15 is 0 Å². The van der Waals surface area contributed by atoms with Crippen LogP contribution in [0, 0.1) is 0 Å². The predicted octanol–water partition coefficient (Wildman–Crippen LogP) is 3.78. The van der Waals surface area contributed by atoms with E-state index in [4.69, 9.17) is 0 Å². The third kappa shape index (κ3) is 2.82. The largest absolute Gasteiger partial charge is 0.380 e. The van der Waals surface area contributed by atoms with Gasteiger partial charge in [-0.05, 0) is 36.7 Å². The van der Waals surface area contributed by atoms with Gasteiger partial charge in [0.15, 0.2) is 0 Å². The molecular weight excluding hydrogens is 214 g/mol. The molecule has 1 aromatic rings. The minimum absolute atomic E-state index is 0.670. The van der Waals surface area contributed by atoms with Gasteiger partial charge in [-0.3, -0.25) is 0 Å². The van der Waals surface area contributed by atoms with Crippen LogP contribution in [0.4, 0.5) is 0 Å². The maximum atomic E-state index is 2.32. The molecule has 0 saturated carbocycles. The lowest BCUT2D eigenvalue weighted by Crippen LogP contribution is -2.25. The van der Waals surface area contributed by atoms with E-state index in [1.54, 1.807) is 5.57 Å². The summed E-state index contributed by atoms with van der Waals surface area (Å²) in [5.74, 6) is 0. The highest BCUT2D eigenvalue weighted by molar-refractivity contribution is 8.00. The molecule has 0 amide bonds. The SMILES string of the molecule is CCC1=CN(C)CCC1Sc1ccccc1. The van der Waals surface area contributed by atoms with Crippen molar-refractivity contribution in [3.05, 3.63) is 42.1 Å². The van der Waals surface area contributed by atoms with Crippen LogP contribution in [0.2, 0.25) is 0 Å². The van der Waals surface area contributed by atoms with Crippen LogP contribution < -0.4 is 0 Å². The summed E-state index contributed by atoms with van der Waals surface area (Å²) in [5, 5.41) is 0.670. The second-order valence-corrected chi connectivity index (χ2v) is 5.52. The fraction of sp³-hybridized carbons (Fsp3) is 0.429. The van der Waals surface area contributed by atoms with Crippen molar-refractivity contribution in [1.82, 2.24) is 4.90 Å². The lowest BCUT2D eigenvalue weighted by molar-refractivity contribution is 0.416. The van der Waals surface area contributed by atoms with Gasteiger partial charge in [0.1, 0.15) is 0 Å². The van der Waals surface area contributed by atoms with Crippen LogP contribution in [0.3, 0.4) is 0 Å². The van der Waals surface area contributed by atoms with Gasteiger partial charge in [-0.25, -0.2) is 0 Å². The molecule has 1 unspecified atom stereocenters. The summed E-state index contributed by atoms with van der Waals surface area (Å²) in [4.78, 5) is 3.69. The molecule has 1 heterocycles.